The van der Waals surface area contributed by atoms with E-state index in [1.54, 1.807) is 17.7 Å². The number of aliphatic carboxylic acids is 1. The van der Waals surface area contributed by atoms with E-state index in [-0.39, 0.29) is 25.7 Å². The Morgan fingerprint density at radius 1 is 1.32 bits per heavy atom. The van der Waals surface area contributed by atoms with Crippen molar-refractivity contribution in [3.8, 4) is 0 Å². The number of carbonyl (C=O) groups excluding carboxylic acids is 2. The Hall–Kier alpha value is -3.31. The third-order valence-corrected chi connectivity index (χ3v) is 8.45. The van der Waals surface area contributed by atoms with Crippen LogP contribution in [0.1, 0.15) is 40.0 Å². The van der Waals surface area contributed by atoms with Crippen LogP contribution in [0.4, 0.5) is 0 Å². The third-order valence-electron chi connectivity index (χ3n) is 8.45. The van der Waals surface area contributed by atoms with E-state index in [1.807, 2.05) is 38.1 Å². The van der Waals surface area contributed by atoms with Crippen LogP contribution >= 0.6 is 0 Å². The maximum atomic E-state index is 14.5. The number of amides is 2. The number of ether oxygens (including phenoxy) is 1. The van der Waals surface area contributed by atoms with E-state index in [1.165, 1.54) is 9.80 Å². The summed E-state index contributed by atoms with van der Waals surface area (Å²) in [7, 11) is 0. The standard InChI is InChI=1S/C27H35N5O6/c1-5-12-30(15-31-19-9-7-6-8-18(19)28-29-31)24(35)22-27-11-10-26(4,38-27)21(25(36)37)20(27)23(34)32(22)17(14-33)13-16(2)3/h5-9,16-17,20-22,33H,1,10-15H2,2-4H3,(H,36,37)/t17-,20+,21-,22?,26+,27?/m1/s1. The van der Waals surface area contributed by atoms with Crippen LogP contribution in [-0.2, 0) is 25.8 Å². The zero-order valence-corrected chi connectivity index (χ0v) is 22.0. The summed E-state index contributed by atoms with van der Waals surface area (Å²) in [6, 6.07) is 5.66. The van der Waals surface area contributed by atoms with Crippen LogP contribution in [0.2, 0.25) is 0 Å². The molecule has 6 atom stereocenters. The minimum absolute atomic E-state index is 0.0538. The first-order chi connectivity index (χ1) is 18.1. The molecule has 3 aliphatic heterocycles. The molecule has 2 N–H and O–H groups in total. The summed E-state index contributed by atoms with van der Waals surface area (Å²) in [6.07, 6.45) is 2.86. The van der Waals surface area contributed by atoms with E-state index in [4.69, 9.17) is 4.74 Å². The molecule has 2 aromatic rings. The van der Waals surface area contributed by atoms with Gasteiger partial charge in [0.2, 0.25) is 11.8 Å². The van der Waals surface area contributed by atoms with Crippen LogP contribution < -0.4 is 0 Å². The van der Waals surface area contributed by atoms with Gasteiger partial charge in [0, 0.05) is 6.54 Å². The molecule has 0 radical (unpaired) electrons. The molecule has 0 saturated carbocycles. The highest BCUT2D eigenvalue weighted by atomic mass is 16.5. The number of fused-ring (bicyclic) bond motifs is 2. The number of carbonyl (C=O) groups is 3. The number of hydrogen-bond acceptors (Lipinski definition) is 7. The van der Waals surface area contributed by atoms with E-state index < -0.39 is 52.9 Å². The number of aliphatic hydroxyl groups is 1. The van der Waals surface area contributed by atoms with Gasteiger partial charge in [-0.05, 0) is 44.2 Å². The van der Waals surface area contributed by atoms with Gasteiger partial charge in [-0.25, -0.2) is 4.68 Å². The summed E-state index contributed by atoms with van der Waals surface area (Å²) < 4.78 is 8.09. The molecule has 3 saturated heterocycles. The van der Waals surface area contributed by atoms with Gasteiger partial charge in [-0.15, -0.1) is 11.7 Å². The summed E-state index contributed by atoms with van der Waals surface area (Å²) in [5, 5.41) is 28.9. The van der Waals surface area contributed by atoms with E-state index in [2.05, 4.69) is 16.9 Å². The number of para-hydroxylation sites is 1. The molecule has 11 heteroatoms. The minimum atomic E-state index is -1.29. The quantitative estimate of drug-likeness (QED) is 0.447. The second-order valence-electron chi connectivity index (χ2n) is 11.3. The van der Waals surface area contributed by atoms with Gasteiger partial charge < -0.3 is 24.7 Å². The zero-order valence-electron chi connectivity index (χ0n) is 22.0. The maximum Gasteiger partial charge on any atom is 0.310 e. The van der Waals surface area contributed by atoms with Crippen molar-refractivity contribution in [2.75, 3.05) is 13.2 Å². The summed E-state index contributed by atoms with van der Waals surface area (Å²) in [5.74, 6) is -3.89. The number of carboxylic acid groups (broad SMARTS) is 1. The lowest BCUT2D eigenvalue weighted by Gasteiger charge is -2.39. The van der Waals surface area contributed by atoms with E-state index in [9.17, 15) is 24.6 Å². The van der Waals surface area contributed by atoms with Crippen LogP contribution in [0.15, 0.2) is 36.9 Å². The van der Waals surface area contributed by atoms with Gasteiger partial charge in [-0.1, -0.05) is 37.3 Å². The fourth-order valence-electron chi connectivity index (χ4n) is 6.96. The first-order valence-corrected chi connectivity index (χ1v) is 13.1. The molecule has 2 amide bonds. The summed E-state index contributed by atoms with van der Waals surface area (Å²) >= 11 is 0. The van der Waals surface area contributed by atoms with Gasteiger partial charge in [0.25, 0.3) is 0 Å². The number of hydrogen-bond donors (Lipinski definition) is 2. The van der Waals surface area contributed by atoms with Crippen LogP contribution in [0, 0.1) is 17.8 Å². The van der Waals surface area contributed by atoms with Crippen molar-refractivity contribution >= 4 is 28.8 Å². The van der Waals surface area contributed by atoms with E-state index in [0.29, 0.717) is 24.8 Å². The molecule has 38 heavy (non-hydrogen) atoms. The van der Waals surface area contributed by atoms with Crippen molar-refractivity contribution in [1.29, 1.82) is 0 Å². The van der Waals surface area contributed by atoms with Gasteiger partial charge in [0.05, 0.1) is 35.6 Å². The Labute approximate surface area is 221 Å². The van der Waals surface area contributed by atoms with Crippen molar-refractivity contribution in [2.24, 2.45) is 17.8 Å². The van der Waals surface area contributed by atoms with E-state index in [0.717, 1.165) is 5.52 Å². The van der Waals surface area contributed by atoms with Crippen LogP contribution in [-0.4, -0.2) is 89.2 Å². The zero-order chi connectivity index (χ0) is 27.4. The monoisotopic (exact) mass is 525 g/mol. The Balaban J connectivity index is 1.58. The molecule has 3 aliphatic rings. The smallest absolute Gasteiger partial charge is 0.310 e. The Morgan fingerprint density at radius 3 is 2.71 bits per heavy atom. The first-order valence-electron chi connectivity index (χ1n) is 13.1. The first kappa shape index (κ1) is 26.3. The summed E-state index contributed by atoms with van der Waals surface area (Å²) in [4.78, 5) is 43.9. The summed E-state index contributed by atoms with van der Waals surface area (Å²) in [5.41, 5.74) is -0.911. The molecule has 5 rings (SSSR count). The van der Waals surface area contributed by atoms with Crippen molar-refractivity contribution in [2.45, 2.75) is 70.0 Å². The van der Waals surface area contributed by atoms with Gasteiger partial charge in [0.1, 0.15) is 23.8 Å². The fraction of sp³-hybridized carbons (Fsp3) is 0.593. The highest BCUT2D eigenvalue weighted by molar-refractivity contribution is 5.98. The predicted molar refractivity (Wildman–Crippen MR) is 136 cm³/mol. The van der Waals surface area contributed by atoms with Gasteiger partial charge >= 0.3 is 5.97 Å². The minimum Gasteiger partial charge on any atom is -0.481 e. The molecule has 4 heterocycles. The fourth-order valence-corrected chi connectivity index (χ4v) is 6.96. The largest absolute Gasteiger partial charge is 0.481 e. The normalized spacial score (nSPS) is 30.7. The molecule has 3 fully saturated rings. The Morgan fingerprint density at radius 2 is 2.05 bits per heavy atom. The Kier molecular flexibility index (Phi) is 6.55. The number of aliphatic hydroxyl groups excluding tert-OH is 1. The van der Waals surface area contributed by atoms with Crippen LogP contribution in [0.25, 0.3) is 11.0 Å². The molecule has 0 aliphatic carbocycles. The number of nitrogens with zero attached hydrogens (tertiary/aromatic N) is 5. The molecule has 2 unspecified atom stereocenters. The molecular weight excluding hydrogens is 490 g/mol. The van der Waals surface area contributed by atoms with Gasteiger partial charge in [0.15, 0.2) is 0 Å². The number of rotatable bonds is 10. The van der Waals surface area contributed by atoms with Crippen LogP contribution in [0.3, 0.4) is 0 Å². The molecule has 1 aromatic carbocycles. The number of likely N-dealkylation sites (tertiary alicyclic amines) is 1. The topological polar surface area (TPSA) is 138 Å². The molecule has 2 bridgehead atoms. The lowest BCUT2D eigenvalue weighted by atomic mass is 9.66. The number of aromatic nitrogens is 3. The predicted octanol–water partition coefficient (Wildman–Crippen LogP) is 1.66. The highest BCUT2D eigenvalue weighted by Gasteiger charge is 2.78. The number of benzene rings is 1. The molecule has 1 spiro atoms. The van der Waals surface area contributed by atoms with Crippen molar-refractivity contribution in [3.63, 3.8) is 0 Å². The van der Waals surface area contributed by atoms with Crippen molar-refractivity contribution in [1.82, 2.24) is 24.8 Å². The second kappa shape index (κ2) is 9.46. The highest BCUT2D eigenvalue weighted by Crippen LogP contribution is 2.63. The lowest BCUT2D eigenvalue weighted by molar-refractivity contribution is -0.159. The summed E-state index contributed by atoms with van der Waals surface area (Å²) in [6.45, 7) is 9.36. The molecule has 204 valence electrons. The number of carboxylic acids is 1. The third kappa shape index (κ3) is 3.82. The Bertz CT molecular complexity index is 1280. The van der Waals surface area contributed by atoms with Gasteiger partial charge in [-0.3, -0.25) is 14.4 Å². The van der Waals surface area contributed by atoms with Crippen molar-refractivity contribution in [3.05, 3.63) is 36.9 Å². The SMILES string of the molecule is C=CCN(Cn1nnc2ccccc21)C(=O)C1N([C@@H](CO)CC(C)C)C(=O)[C@@H]2[C@H](C(=O)O)[C@]3(C)CCC12O3. The van der Waals surface area contributed by atoms with E-state index >= 15 is 0 Å². The second-order valence-corrected chi connectivity index (χ2v) is 11.3. The van der Waals surface area contributed by atoms with Crippen molar-refractivity contribution < 1.29 is 29.3 Å². The van der Waals surface area contributed by atoms with Crippen LogP contribution in [0.5, 0.6) is 0 Å². The molecule has 11 nitrogen and oxygen atoms in total. The average molecular weight is 526 g/mol. The molecular formula is C27H35N5O6. The molecule has 1 aromatic heterocycles. The lowest BCUT2D eigenvalue weighted by Crippen LogP contribution is -2.59. The van der Waals surface area contributed by atoms with Gasteiger partial charge in [-0.2, -0.15) is 0 Å². The maximum absolute atomic E-state index is 14.5. The average Bonchev–Trinajstić information content (AvgIpc) is 3.57.